The number of thioether (sulfide) groups is 1. The van der Waals surface area contributed by atoms with E-state index < -0.39 is 0 Å². The van der Waals surface area contributed by atoms with Crippen molar-refractivity contribution in [1.82, 2.24) is 30.0 Å². The van der Waals surface area contributed by atoms with Crippen LogP contribution in [0.1, 0.15) is 11.1 Å². The van der Waals surface area contributed by atoms with Crippen molar-refractivity contribution in [1.29, 1.82) is 0 Å². The molecule has 164 valence electrons. The van der Waals surface area contributed by atoms with Gasteiger partial charge in [0, 0.05) is 5.75 Å². The van der Waals surface area contributed by atoms with Crippen molar-refractivity contribution in [2.75, 3.05) is 7.11 Å². The predicted octanol–water partition coefficient (Wildman–Crippen LogP) is 4.88. The fourth-order valence-corrected chi connectivity index (χ4v) is 4.49. The number of hydrogen-bond acceptors (Lipinski definition) is 6. The van der Waals surface area contributed by atoms with Crippen LogP contribution in [0.25, 0.3) is 17.1 Å². The fraction of sp³-hybridized carbons (Fsp3) is 0.120. The van der Waals surface area contributed by atoms with Crippen molar-refractivity contribution in [3.05, 3.63) is 102 Å². The van der Waals surface area contributed by atoms with Crippen molar-refractivity contribution < 1.29 is 4.74 Å². The second kappa shape index (κ2) is 9.70. The van der Waals surface area contributed by atoms with Crippen LogP contribution in [0.3, 0.4) is 0 Å². The highest BCUT2D eigenvalue weighted by atomic mass is 32.2. The largest absolute Gasteiger partial charge is 0.497 e. The van der Waals surface area contributed by atoms with Gasteiger partial charge in [0.1, 0.15) is 10.8 Å². The van der Waals surface area contributed by atoms with E-state index >= 15 is 0 Å². The SMILES string of the molecule is COc1ccc(Cn2nnc(-c3cnn(-c4ccccc4)c3SCc3ccccc3)n2)cc1. The summed E-state index contributed by atoms with van der Waals surface area (Å²) in [4.78, 5) is 1.60. The molecule has 0 radical (unpaired) electrons. The second-order valence-electron chi connectivity index (χ2n) is 7.38. The van der Waals surface area contributed by atoms with Gasteiger partial charge in [-0.2, -0.15) is 9.90 Å². The van der Waals surface area contributed by atoms with E-state index in [1.165, 1.54) is 5.56 Å². The minimum atomic E-state index is 0.524. The number of tetrazole rings is 1. The van der Waals surface area contributed by atoms with Crippen molar-refractivity contribution in [3.8, 4) is 22.8 Å². The lowest BCUT2D eigenvalue weighted by Crippen LogP contribution is -2.04. The molecule has 0 bridgehead atoms. The number of rotatable bonds is 8. The third-order valence-corrected chi connectivity index (χ3v) is 6.26. The van der Waals surface area contributed by atoms with Gasteiger partial charge in [-0.15, -0.1) is 22.0 Å². The Hall–Kier alpha value is -3.91. The van der Waals surface area contributed by atoms with Gasteiger partial charge < -0.3 is 4.74 Å². The lowest BCUT2D eigenvalue weighted by molar-refractivity contribution is 0.414. The number of hydrogen-bond donors (Lipinski definition) is 0. The van der Waals surface area contributed by atoms with Crippen molar-refractivity contribution in [2.45, 2.75) is 17.3 Å². The summed E-state index contributed by atoms with van der Waals surface area (Å²) in [6, 6.07) is 28.3. The molecule has 0 aliphatic rings. The van der Waals surface area contributed by atoms with Crippen LogP contribution >= 0.6 is 11.8 Å². The van der Waals surface area contributed by atoms with Gasteiger partial charge in [-0.05, 0) is 40.6 Å². The topological polar surface area (TPSA) is 70.7 Å². The van der Waals surface area contributed by atoms with Crippen LogP contribution < -0.4 is 4.74 Å². The minimum Gasteiger partial charge on any atom is -0.497 e. The Balaban J connectivity index is 1.44. The predicted molar refractivity (Wildman–Crippen MR) is 128 cm³/mol. The van der Waals surface area contributed by atoms with Gasteiger partial charge in [0.15, 0.2) is 0 Å². The van der Waals surface area contributed by atoms with Crippen LogP contribution in [0.15, 0.2) is 96.2 Å². The summed E-state index contributed by atoms with van der Waals surface area (Å²) >= 11 is 1.71. The molecule has 3 aromatic carbocycles. The van der Waals surface area contributed by atoms with E-state index in [4.69, 9.17) is 4.74 Å². The van der Waals surface area contributed by atoms with Crippen LogP contribution in [0, 0.1) is 0 Å². The molecule has 2 aromatic heterocycles. The van der Waals surface area contributed by atoms with Gasteiger partial charge in [0.05, 0.1) is 31.1 Å². The molecule has 0 aliphatic carbocycles. The van der Waals surface area contributed by atoms with Crippen LogP contribution in [-0.2, 0) is 12.3 Å². The van der Waals surface area contributed by atoms with E-state index in [0.29, 0.717) is 12.4 Å². The lowest BCUT2D eigenvalue weighted by atomic mass is 10.2. The van der Waals surface area contributed by atoms with Gasteiger partial charge in [-0.1, -0.05) is 60.7 Å². The first-order valence-electron chi connectivity index (χ1n) is 10.5. The molecule has 0 spiro atoms. The van der Waals surface area contributed by atoms with Crippen LogP contribution in [-0.4, -0.2) is 37.1 Å². The van der Waals surface area contributed by atoms with Crippen molar-refractivity contribution >= 4 is 11.8 Å². The molecule has 8 heteroatoms. The molecule has 5 rings (SSSR count). The van der Waals surface area contributed by atoms with Gasteiger partial charge in [0.2, 0.25) is 5.82 Å². The van der Waals surface area contributed by atoms with Gasteiger partial charge in [0.25, 0.3) is 0 Å². The van der Waals surface area contributed by atoms with Crippen LogP contribution in [0.4, 0.5) is 0 Å². The summed E-state index contributed by atoms with van der Waals surface area (Å²) in [5.41, 5.74) is 4.16. The summed E-state index contributed by atoms with van der Waals surface area (Å²) in [6.07, 6.45) is 1.81. The zero-order valence-electron chi connectivity index (χ0n) is 18.1. The zero-order chi connectivity index (χ0) is 22.5. The smallest absolute Gasteiger partial charge is 0.209 e. The number of methoxy groups -OCH3 is 1. The monoisotopic (exact) mass is 454 g/mol. The zero-order valence-corrected chi connectivity index (χ0v) is 18.9. The molecule has 33 heavy (non-hydrogen) atoms. The van der Waals surface area contributed by atoms with Crippen molar-refractivity contribution in [2.24, 2.45) is 0 Å². The number of para-hydroxylation sites is 1. The highest BCUT2D eigenvalue weighted by Crippen LogP contribution is 2.33. The summed E-state index contributed by atoms with van der Waals surface area (Å²) in [6.45, 7) is 0.524. The maximum absolute atomic E-state index is 5.23. The fourth-order valence-electron chi connectivity index (χ4n) is 3.42. The summed E-state index contributed by atoms with van der Waals surface area (Å²) in [5.74, 6) is 2.19. The summed E-state index contributed by atoms with van der Waals surface area (Å²) in [7, 11) is 1.66. The third kappa shape index (κ3) is 4.80. The minimum absolute atomic E-state index is 0.524. The Labute approximate surface area is 196 Å². The molecule has 0 saturated heterocycles. The third-order valence-electron chi connectivity index (χ3n) is 5.12. The molecule has 2 heterocycles. The molecule has 0 saturated carbocycles. The second-order valence-corrected chi connectivity index (χ2v) is 8.34. The van der Waals surface area contributed by atoms with E-state index in [0.717, 1.165) is 33.3 Å². The quantitative estimate of drug-likeness (QED) is 0.311. The van der Waals surface area contributed by atoms with E-state index in [-0.39, 0.29) is 0 Å². The van der Waals surface area contributed by atoms with E-state index in [2.05, 4.69) is 44.8 Å². The van der Waals surface area contributed by atoms with E-state index in [1.54, 1.807) is 23.7 Å². The summed E-state index contributed by atoms with van der Waals surface area (Å²) < 4.78 is 7.16. The first-order chi connectivity index (χ1) is 16.3. The molecular weight excluding hydrogens is 432 g/mol. The number of benzene rings is 3. The Bertz CT molecular complexity index is 1320. The highest BCUT2D eigenvalue weighted by Gasteiger charge is 2.19. The average Bonchev–Trinajstić information content (AvgIpc) is 3.51. The van der Waals surface area contributed by atoms with E-state index in [9.17, 15) is 0 Å². The lowest BCUT2D eigenvalue weighted by Gasteiger charge is -2.08. The first kappa shape index (κ1) is 21.0. The number of ether oxygens (including phenoxy) is 1. The Morgan fingerprint density at radius 1 is 0.848 bits per heavy atom. The molecule has 0 unspecified atom stereocenters. The first-order valence-corrected chi connectivity index (χ1v) is 11.5. The molecule has 0 N–H and O–H groups in total. The average molecular weight is 455 g/mol. The van der Waals surface area contributed by atoms with Gasteiger partial charge in [-0.25, -0.2) is 4.68 Å². The molecular formula is C25H22N6OS. The highest BCUT2D eigenvalue weighted by molar-refractivity contribution is 7.98. The maximum atomic E-state index is 5.23. The molecule has 0 atom stereocenters. The molecule has 7 nitrogen and oxygen atoms in total. The standard InChI is InChI=1S/C25H22N6OS/c1-32-22-14-12-19(13-15-22)17-30-28-24(27-29-30)23-16-26-31(21-10-6-3-7-11-21)25(23)33-18-20-8-4-2-5-9-20/h2-16H,17-18H2,1H3. The Morgan fingerprint density at radius 2 is 1.58 bits per heavy atom. The van der Waals surface area contributed by atoms with Crippen LogP contribution in [0.5, 0.6) is 5.75 Å². The Morgan fingerprint density at radius 3 is 2.30 bits per heavy atom. The summed E-state index contributed by atoms with van der Waals surface area (Å²) in [5, 5.41) is 18.9. The Kier molecular flexibility index (Phi) is 6.16. The van der Waals surface area contributed by atoms with Crippen LogP contribution in [0.2, 0.25) is 0 Å². The molecule has 0 fully saturated rings. The normalized spacial score (nSPS) is 10.9. The molecule has 5 aromatic rings. The van der Waals surface area contributed by atoms with Crippen molar-refractivity contribution in [3.63, 3.8) is 0 Å². The number of aromatic nitrogens is 6. The molecule has 0 aliphatic heterocycles. The number of nitrogens with zero attached hydrogens (tertiary/aromatic N) is 6. The maximum Gasteiger partial charge on any atom is 0.209 e. The van der Waals surface area contributed by atoms with Gasteiger partial charge in [-0.3, -0.25) is 0 Å². The van der Waals surface area contributed by atoms with E-state index in [1.807, 2.05) is 71.5 Å². The van der Waals surface area contributed by atoms with Gasteiger partial charge >= 0.3 is 0 Å². The molecule has 0 amide bonds.